The number of nitrogens with one attached hydrogen (secondary N) is 1. The fourth-order valence-electron chi connectivity index (χ4n) is 4.34. The number of benzene rings is 3. The molecule has 1 unspecified atom stereocenters. The molecule has 0 fully saturated rings. The maximum atomic E-state index is 13.3. The van der Waals surface area contributed by atoms with Gasteiger partial charge in [0.15, 0.2) is 0 Å². The molecule has 0 saturated heterocycles. The monoisotopic (exact) mass is 480 g/mol. The molecule has 1 aromatic heterocycles. The summed E-state index contributed by atoms with van der Waals surface area (Å²) in [5.74, 6) is 1.63. The molecular formula is C29H28N4O3. The van der Waals surface area contributed by atoms with Crippen molar-refractivity contribution in [1.82, 2.24) is 20.4 Å². The summed E-state index contributed by atoms with van der Waals surface area (Å²) in [6.07, 6.45) is 0. The van der Waals surface area contributed by atoms with Crippen LogP contribution in [0.25, 0.3) is 17.0 Å². The number of allylic oxidation sites excluding steroid dienone is 1. The average molecular weight is 481 g/mol. The van der Waals surface area contributed by atoms with Crippen molar-refractivity contribution in [3.05, 3.63) is 107 Å². The zero-order chi connectivity index (χ0) is 25.1. The first-order chi connectivity index (χ1) is 17.5. The topological polar surface area (TPSA) is 80.5 Å². The molecule has 4 aromatic rings. The molecule has 5 rings (SSSR count). The van der Waals surface area contributed by atoms with Crippen molar-refractivity contribution >= 4 is 11.6 Å². The molecule has 0 saturated carbocycles. The standard InChI is InChI=1S/C29H28N4O3/c1-4-35-24-16-14-23(15-17-24)27-31-28(36-32-27)25-20(3)33(18-21-12-10-19(2)11-13-21)29(34)30-26(25)22-8-6-5-7-9-22/h5-17,26H,4,18H2,1-3H3,(H,30,34). The van der Waals surface area contributed by atoms with E-state index in [1.54, 1.807) is 4.90 Å². The zero-order valence-electron chi connectivity index (χ0n) is 20.6. The maximum absolute atomic E-state index is 13.3. The highest BCUT2D eigenvalue weighted by atomic mass is 16.5. The van der Waals surface area contributed by atoms with E-state index < -0.39 is 6.04 Å². The zero-order valence-corrected chi connectivity index (χ0v) is 20.6. The van der Waals surface area contributed by atoms with Crippen molar-refractivity contribution < 1.29 is 14.1 Å². The van der Waals surface area contributed by atoms with Gasteiger partial charge in [0.05, 0.1) is 24.8 Å². The fraction of sp³-hybridized carbons (Fsp3) is 0.207. The second kappa shape index (κ2) is 10.1. The summed E-state index contributed by atoms with van der Waals surface area (Å²) >= 11 is 0. The molecule has 2 amide bonds. The van der Waals surface area contributed by atoms with E-state index in [4.69, 9.17) is 14.2 Å². The predicted octanol–water partition coefficient (Wildman–Crippen LogP) is 6.14. The number of aromatic nitrogens is 2. The molecular weight excluding hydrogens is 452 g/mol. The second-order valence-electron chi connectivity index (χ2n) is 8.74. The van der Waals surface area contributed by atoms with Gasteiger partial charge < -0.3 is 14.6 Å². The quantitative estimate of drug-likeness (QED) is 0.344. The molecule has 0 radical (unpaired) electrons. The molecule has 0 bridgehead atoms. The molecule has 1 atom stereocenters. The molecule has 7 nitrogen and oxygen atoms in total. The van der Waals surface area contributed by atoms with Crippen molar-refractivity contribution in [1.29, 1.82) is 0 Å². The lowest BCUT2D eigenvalue weighted by Crippen LogP contribution is -2.45. The lowest BCUT2D eigenvalue weighted by molar-refractivity contribution is 0.203. The number of ether oxygens (including phenoxy) is 1. The molecule has 1 N–H and O–H groups in total. The minimum Gasteiger partial charge on any atom is -0.494 e. The van der Waals surface area contributed by atoms with Crippen molar-refractivity contribution in [2.75, 3.05) is 6.61 Å². The SMILES string of the molecule is CCOc1ccc(-c2noc(C3=C(C)N(Cc4ccc(C)cc4)C(=O)NC3c3ccccc3)n2)cc1. The summed E-state index contributed by atoms with van der Waals surface area (Å²) < 4.78 is 11.3. The van der Waals surface area contributed by atoms with Crippen LogP contribution in [0.4, 0.5) is 4.79 Å². The lowest BCUT2D eigenvalue weighted by atomic mass is 9.94. The largest absolute Gasteiger partial charge is 0.494 e. The van der Waals surface area contributed by atoms with Crippen molar-refractivity contribution in [2.24, 2.45) is 0 Å². The Kier molecular flexibility index (Phi) is 6.54. The van der Waals surface area contributed by atoms with Crippen LogP contribution in [-0.4, -0.2) is 27.7 Å². The Morgan fingerprint density at radius 2 is 1.69 bits per heavy atom. The third-order valence-corrected chi connectivity index (χ3v) is 6.27. The van der Waals surface area contributed by atoms with Gasteiger partial charge in [-0.15, -0.1) is 0 Å². The molecule has 182 valence electrons. The predicted molar refractivity (Wildman–Crippen MR) is 138 cm³/mol. The molecule has 0 spiro atoms. The van der Waals surface area contributed by atoms with Crippen LogP contribution < -0.4 is 10.1 Å². The van der Waals surface area contributed by atoms with Crippen LogP contribution in [0.5, 0.6) is 5.75 Å². The van der Waals surface area contributed by atoms with E-state index in [2.05, 4.69) is 10.5 Å². The fourth-order valence-corrected chi connectivity index (χ4v) is 4.34. The smallest absolute Gasteiger partial charge is 0.322 e. The van der Waals surface area contributed by atoms with E-state index in [1.807, 2.05) is 99.6 Å². The Labute approximate surface area is 210 Å². The molecule has 2 heterocycles. The van der Waals surface area contributed by atoms with Crippen molar-refractivity contribution in [2.45, 2.75) is 33.4 Å². The summed E-state index contributed by atoms with van der Waals surface area (Å²) in [7, 11) is 0. The Morgan fingerprint density at radius 3 is 2.39 bits per heavy atom. The number of nitrogens with zero attached hydrogens (tertiary/aromatic N) is 3. The Morgan fingerprint density at radius 1 is 0.972 bits per heavy atom. The Hall–Kier alpha value is -4.39. The molecule has 3 aromatic carbocycles. The number of urea groups is 1. The van der Waals surface area contributed by atoms with E-state index in [1.165, 1.54) is 5.56 Å². The first kappa shape index (κ1) is 23.4. The van der Waals surface area contributed by atoms with Crippen LogP contribution >= 0.6 is 0 Å². The minimum atomic E-state index is -0.415. The number of carbonyl (C=O) groups excluding carboxylic acids is 1. The van der Waals surface area contributed by atoms with Crippen LogP contribution in [0.3, 0.4) is 0 Å². The third kappa shape index (κ3) is 4.73. The van der Waals surface area contributed by atoms with Gasteiger partial charge in [0.1, 0.15) is 5.75 Å². The number of amides is 2. The summed E-state index contributed by atoms with van der Waals surface area (Å²) in [4.78, 5) is 19.7. The minimum absolute atomic E-state index is 0.170. The Bertz CT molecular complexity index is 1380. The number of aryl methyl sites for hydroxylation is 1. The number of rotatable bonds is 7. The normalized spacial score (nSPS) is 15.7. The van der Waals surface area contributed by atoms with Crippen LogP contribution in [0, 0.1) is 6.92 Å². The first-order valence-electron chi connectivity index (χ1n) is 12.0. The molecule has 0 aliphatic carbocycles. The lowest BCUT2D eigenvalue weighted by Gasteiger charge is -2.35. The number of carbonyl (C=O) groups is 1. The van der Waals surface area contributed by atoms with Crippen LogP contribution in [0.1, 0.15) is 42.5 Å². The second-order valence-corrected chi connectivity index (χ2v) is 8.74. The van der Waals surface area contributed by atoms with Gasteiger partial charge in [-0.05, 0) is 56.2 Å². The van der Waals surface area contributed by atoms with Crippen LogP contribution in [-0.2, 0) is 6.54 Å². The summed E-state index contributed by atoms with van der Waals surface area (Å²) in [6, 6.07) is 25.0. The maximum Gasteiger partial charge on any atom is 0.322 e. The number of hydrogen-bond donors (Lipinski definition) is 1. The van der Waals surface area contributed by atoms with E-state index in [-0.39, 0.29) is 6.03 Å². The Balaban J connectivity index is 1.54. The average Bonchev–Trinajstić information content (AvgIpc) is 3.38. The van der Waals surface area contributed by atoms with Gasteiger partial charge in [0.25, 0.3) is 5.89 Å². The highest BCUT2D eigenvalue weighted by molar-refractivity contribution is 5.86. The first-order valence-corrected chi connectivity index (χ1v) is 12.0. The van der Waals surface area contributed by atoms with E-state index in [9.17, 15) is 4.79 Å². The highest BCUT2D eigenvalue weighted by Gasteiger charge is 2.35. The van der Waals surface area contributed by atoms with Crippen LogP contribution in [0.15, 0.2) is 89.1 Å². The van der Waals surface area contributed by atoms with Gasteiger partial charge in [-0.2, -0.15) is 4.98 Å². The molecule has 1 aliphatic heterocycles. The summed E-state index contributed by atoms with van der Waals surface area (Å²) in [6.45, 7) is 6.96. The summed E-state index contributed by atoms with van der Waals surface area (Å²) in [5, 5.41) is 7.39. The van der Waals surface area contributed by atoms with Gasteiger partial charge in [0, 0.05) is 11.3 Å². The van der Waals surface area contributed by atoms with Gasteiger partial charge in [-0.1, -0.05) is 65.3 Å². The van der Waals surface area contributed by atoms with E-state index in [0.29, 0.717) is 24.9 Å². The molecule has 36 heavy (non-hydrogen) atoms. The van der Waals surface area contributed by atoms with Crippen LogP contribution in [0.2, 0.25) is 0 Å². The van der Waals surface area contributed by atoms with Gasteiger partial charge in [-0.25, -0.2) is 4.79 Å². The molecule has 1 aliphatic rings. The molecule has 7 heteroatoms. The number of hydrogen-bond acceptors (Lipinski definition) is 5. The van der Waals surface area contributed by atoms with Gasteiger partial charge in [-0.3, -0.25) is 4.90 Å². The summed E-state index contributed by atoms with van der Waals surface area (Å²) in [5.41, 5.74) is 5.52. The van der Waals surface area contributed by atoms with Crippen molar-refractivity contribution in [3.8, 4) is 17.1 Å². The van der Waals surface area contributed by atoms with E-state index >= 15 is 0 Å². The third-order valence-electron chi connectivity index (χ3n) is 6.27. The van der Waals surface area contributed by atoms with Gasteiger partial charge in [0.2, 0.25) is 5.82 Å². The van der Waals surface area contributed by atoms with Gasteiger partial charge >= 0.3 is 6.03 Å². The van der Waals surface area contributed by atoms with E-state index in [0.717, 1.165) is 33.7 Å². The highest BCUT2D eigenvalue weighted by Crippen LogP contribution is 2.38. The van der Waals surface area contributed by atoms with Crippen molar-refractivity contribution in [3.63, 3.8) is 0 Å².